The molecule has 70 valence electrons. The summed E-state index contributed by atoms with van der Waals surface area (Å²) in [7, 11) is 1.87. The molecular weight excluding hydrogens is 170 g/mol. The van der Waals surface area contributed by atoms with Gasteiger partial charge in [0, 0.05) is 13.2 Å². The zero-order valence-corrected chi connectivity index (χ0v) is 7.27. The molecule has 0 saturated carbocycles. The van der Waals surface area contributed by atoms with Crippen LogP contribution in [-0.4, -0.2) is 28.4 Å². The predicted molar refractivity (Wildman–Crippen MR) is 48.2 cm³/mol. The SMILES string of the molecule is Cn1cccc1/C=N/NC(=O)CO. The number of nitrogens with one attached hydrogen (secondary N) is 1. The molecule has 0 spiro atoms. The van der Waals surface area contributed by atoms with Gasteiger partial charge in [0.25, 0.3) is 5.91 Å². The summed E-state index contributed by atoms with van der Waals surface area (Å²) in [6.07, 6.45) is 3.38. The van der Waals surface area contributed by atoms with E-state index >= 15 is 0 Å². The standard InChI is InChI=1S/C8H11N3O2/c1-11-4-2-3-7(11)5-9-10-8(13)6-12/h2-5,12H,6H2,1H3,(H,10,13)/b9-5+. The van der Waals surface area contributed by atoms with Gasteiger partial charge in [-0.05, 0) is 12.1 Å². The summed E-state index contributed by atoms with van der Waals surface area (Å²) in [5.41, 5.74) is 3.04. The first kappa shape index (κ1) is 9.47. The monoisotopic (exact) mass is 181 g/mol. The largest absolute Gasteiger partial charge is 0.386 e. The molecular formula is C8H11N3O2. The minimum atomic E-state index is -0.551. The first-order chi connectivity index (χ1) is 6.24. The van der Waals surface area contributed by atoms with E-state index in [-0.39, 0.29) is 0 Å². The summed E-state index contributed by atoms with van der Waals surface area (Å²) in [4.78, 5) is 10.5. The number of aromatic nitrogens is 1. The fourth-order valence-corrected chi connectivity index (χ4v) is 0.814. The van der Waals surface area contributed by atoms with Gasteiger partial charge < -0.3 is 9.67 Å². The third-order valence-corrected chi connectivity index (χ3v) is 1.51. The van der Waals surface area contributed by atoms with E-state index in [2.05, 4.69) is 10.5 Å². The molecule has 0 aromatic carbocycles. The van der Waals surface area contributed by atoms with E-state index in [0.717, 1.165) is 5.69 Å². The van der Waals surface area contributed by atoms with Gasteiger partial charge in [-0.1, -0.05) is 0 Å². The fraction of sp³-hybridized carbons (Fsp3) is 0.250. The van der Waals surface area contributed by atoms with Crippen LogP contribution in [0, 0.1) is 0 Å². The number of aliphatic hydroxyl groups is 1. The van der Waals surface area contributed by atoms with Crippen LogP contribution in [0.3, 0.4) is 0 Å². The molecule has 1 heterocycles. The van der Waals surface area contributed by atoms with Crippen molar-refractivity contribution in [3.63, 3.8) is 0 Å². The summed E-state index contributed by atoms with van der Waals surface area (Å²) in [6.45, 7) is -0.551. The maximum Gasteiger partial charge on any atom is 0.265 e. The zero-order chi connectivity index (χ0) is 9.68. The molecule has 1 rings (SSSR count). The number of aryl methyl sites for hydroxylation is 1. The Hall–Kier alpha value is -1.62. The molecule has 5 heteroatoms. The highest BCUT2D eigenvalue weighted by molar-refractivity contribution is 5.81. The first-order valence-electron chi connectivity index (χ1n) is 3.78. The van der Waals surface area contributed by atoms with E-state index in [1.165, 1.54) is 6.21 Å². The van der Waals surface area contributed by atoms with Crippen molar-refractivity contribution < 1.29 is 9.90 Å². The van der Waals surface area contributed by atoms with Crippen molar-refractivity contribution in [1.82, 2.24) is 9.99 Å². The van der Waals surface area contributed by atoms with E-state index < -0.39 is 12.5 Å². The summed E-state index contributed by atoms with van der Waals surface area (Å²) in [5, 5.41) is 12.0. The van der Waals surface area contributed by atoms with Crippen LogP contribution in [-0.2, 0) is 11.8 Å². The molecule has 0 aliphatic rings. The predicted octanol–water partition coefficient (Wildman–Crippen LogP) is -0.532. The molecule has 0 aliphatic carbocycles. The normalized spacial score (nSPS) is 10.6. The Labute approximate surface area is 75.7 Å². The number of nitrogens with zero attached hydrogens (tertiary/aromatic N) is 2. The van der Waals surface area contributed by atoms with Crippen LogP contribution in [0.1, 0.15) is 5.69 Å². The molecule has 2 N–H and O–H groups in total. The molecule has 0 saturated heterocycles. The zero-order valence-electron chi connectivity index (χ0n) is 7.27. The van der Waals surface area contributed by atoms with Gasteiger partial charge in [-0.2, -0.15) is 5.10 Å². The summed E-state index contributed by atoms with van der Waals surface area (Å²) < 4.78 is 1.86. The van der Waals surface area contributed by atoms with Crippen LogP contribution in [0.4, 0.5) is 0 Å². The number of hydrogen-bond acceptors (Lipinski definition) is 3. The summed E-state index contributed by atoms with van der Waals surface area (Å²) in [5.74, 6) is -0.523. The number of amides is 1. The average Bonchev–Trinajstić information content (AvgIpc) is 2.52. The van der Waals surface area contributed by atoms with E-state index in [9.17, 15) is 4.79 Å². The second kappa shape index (κ2) is 4.42. The van der Waals surface area contributed by atoms with Gasteiger partial charge in [0.2, 0.25) is 0 Å². The maximum atomic E-state index is 10.5. The minimum absolute atomic E-state index is 0.523. The number of carbonyl (C=O) groups is 1. The second-order valence-corrected chi connectivity index (χ2v) is 2.50. The molecule has 0 fully saturated rings. The number of hydrogen-bond donors (Lipinski definition) is 2. The van der Waals surface area contributed by atoms with E-state index in [4.69, 9.17) is 5.11 Å². The van der Waals surface area contributed by atoms with Crippen molar-refractivity contribution in [3.05, 3.63) is 24.0 Å². The highest BCUT2D eigenvalue weighted by atomic mass is 16.3. The molecule has 0 aliphatic heterocycles. The smallest absolute Gasteiger partial charge is 0.265 e. The summed E-state index contributed by atoms with van der Waals surface area (Å²) >= 11 is 0. The Morgan fingerprint density at radius 2 is 2.62 bits per heavy atom. The van der Waals surface area contributed by atoms with Gasteiger partial charge in [-0.3, -0.25) is 4.79 Å². The van der Waals surface area contributed by atoms with Crippen LogP contribution < -0.4 is 5.43 Å². The summed E-state index contributed by atoms with van der Waals surface area (Å²) in [6, 6.07) is 3.73. The lowest BCUT2D eigenvalue weighted by molar-refractivity contribution is -0.123. The van der Waals surface area contributed by atoms with Crippen molar-refractivity contribution in [2.24, 2.45) is 12.1 Å². The van der Waals surface area contributed by atoms with E-state index in [1.807, 2.05) is 29.9 Å². The molecule has 1 amide bonds. The Balaban J connectivity index is 2.50. The molecule has 0 bridgehead atoms. The number of rotatable bonds is 3. The van der Waals surface area contributed by atoms with E-state index in [0.29, 0.717) is 0 Å². The number of aliphatic hydroxyl groups excluding tert-OH is 1. The Morgan fingerprint density at radius 3 is 3.15 bits per heavy atom. The number of hydrazone groups is 1. The van der Waals surface area contributed by atoms with Crippen LogP contribution in [0.15, 0.2) is 23.4 Å². The molecule has 0 atom stereocenters. The quantitative estimate of drug-likeness (QED) is 0.486. The van der Waals surface area contributed by atoms with Crippen molar-refractivity contribution in [2.75, 3.05) is 6.61 Å². The molecule has 1 aromatic rings. The Kier molecular flexibility index (Phi) is 3.22. The molecule has 13 heavy (non-hydrogen) atoms. The second-order valence-electron chi connectivity index (χ2n) is 2.50. The van der Waals surface area contributed by atoms with Gasteiger partial charge >= 0.3 is 0 Å². The Morgan fingerprint density at radius 1 is 1.85 bits per heavy atom. The van der Waals surface area contributed by atoms with Crippen LogP contribution >= 0.6 is 0 Å². The first-order valence-corrected chi connectivity index (χ1v) is 3.78. The van der Waals surface area contributed by atoms with Gasteiger partial charge in [0.05, 0.1) is 11.9 Å². The van der Waals surface area contributed by atoms with Crippen molar-refractivity contribution in [3.8, 4) is 0 Å². The van der Waals surface area contributed by atoms with Gasteiger partial charge in [0.15, 0.2) is 0 Å². The van der Waals surface area contributed by atoms with Gasteiger partial charge in [-0.25, -0.2) is 5.43 Å². The molecule has 0 unspecified atom stereocenters. The lowest BCUT2D eigenvalue weighted by Crippen LogP contribution is -2.20. The highest BCUT2D eigenvalue weighted by Gasteiger charge is 1.94. The van der Waals surface area contributed by atoms with Crippen molar-refractivity contribution >= 4 is 12.1 Å². The lowest BCUT2D eigenvalue weighted by Gasteiger charge is -1.95. The molecule has 5 nitrogen and oxygen atoms in total. The van der Waals surface area contributed by atoms with Crippen molar-refractivity contribution in [2.45, 2.75) is 0 Å². The molecule has 1 aromatic heterocycles. The van der Waals surface area contributed by atoms with Crippen LogP contribution in [0.2, 0.25) is 0 Å². The van der Waals surface area contributed by atoms with Gasteiger partial charge in [-0.15, -0.1) is 0 Å². The average molecular weight is 181 g/mol. The minimum Gasteiger partial charge on any atom is -0.386 e. The third kappa shape index (κ3) is 2.72. The topological polar surface area (TPSA) is 66.6 Å². The number of carbonyl (C=O) groups excluding carboxylic acids is 1. The van der Waals surface area contributed by atoms with Crippen LogP contribution in [0.5, 0.6) is 0 Å². The van der Waals surface area contributed by atoms with Gasteiger partial charge in [0.1, 0.15) is 6.61 Å². The Bertz CT molecular complexity index is 317. The molecule has 0 radical (unpaired) electrons. The lowest BCUT2D eigenvalue weighted by atomic mass is 10.5. The highest BCUT2D eigenvalue weighted by Crippen LogP contribution is 1.94. The maximum absolute atomic E-state index is 10.5. The van der Waals surface area contributed by atoms with Crippen LogP contribution in [0.25, 0.3) is 0 Å². The third-order valence-electron chi connectivity index (χ3n) is 1.51. The van der Waals surface area contributed by atoms with E-state index in [1.54, 1.807) is 0 Å². The fourth-order valence-electron chi connectivity index (χ4n) is 0.814. The van der Waals surface area contributed by atoms with Crippen molar-refractivity contribution in [1.29, 1.82) is 0 Å².